The van der Waals surface area contributed by atoms with Gasteiger partial charge in [0.2, 0.25) is 10.0 Å². The molecule has 0 bridgehead atoms. The molecule has 5 rings (SSSR count). The Morgan fingerprint density at radius 3 is 2.58 bits per heavy atom. The summed E-state index contributed by atoms with van der Waals surface area (Å²) in [5.74, 6) is 0.173. The van der Waals surface area contributed by atoms with Crippen molar-refractivity contribution in [2.75, 3.05) is 11.1 Å². The molecule has 0 fully saturated rings. The van der Waals surface area contributed by atoms with E-state index in [4.69, 9.17) is 20.6 Å². The summed E-state index contributed by atoms with van der Waals surface area (Å²) in [5, 5.41) is 22.5. The highest BCUT2D eigenvalue weighted by molar-refractivity contribution is 7.89. The van der Waals surface area contributed by atoms with Crippen molar-refractivity contribution in [2.24, 2.45) is 5.14 Å². The van der Waals surface area contributed by atoms with E-state index in [0.29, 0.717) is 28.2 Å². The smallest absolute Gasteiger partial charge is 0.338 e. The summed E-state index contributed by atoms with van der Waals surface area (Å²) in [6.07, 6.45) is 3.09. The van der Waals surface area contributed by atoms with Crippen molar-refractivity contribution in [2.45, 2.75) is 38.3 Å². The molecule has 1 unspecified atom stereocenters. The molecular formula is C29H27N9O4S. The summed E-state index contributed by atoms with van der Waals surface area (Å²) in [7, 11) is -3.82. The predicted molar refractivity (Wildman–Crippen MR) is 158 cm³/mol. The van der Waals surface area contributed by atoms with Crippen molar-refractivity contribution in [3.8, 4) is 17.3 Å². The molecule has 0 saturated carbocycles. The number of aromatic nitrogens is 5. The summed E-state index contributed by atoms with van der Waals surface area (Å²) in [6, 6.07) is 14.6. The average Bonchev–Trinajstić information content (AvgIpc) is 3.35. The van der Waals surface area contributed by atoms with Crippen molar-refractivity contribution < 1.29 is 17.9 Å². The normalized spacial score (nSPS) is 12.1. The molecule has 0 saturated heterocycles. The van der Waals surface area contributed by atoms with Crippen LogP contribution in [0.15, 0.2) is 66.0 Å². The Balaban J connectivity index is 1.46. The third-order valence-corrected chi connectivity index (χ3v) is 7.60. The van der Waals surface area contributed by atoms with Gasteiger partial charge < -0.3 is 15.8 Å². The lowest BCUT2D eigenvalue weighted by molar-refractivity contribution is 0.0472. The molecule has 43 heavy (non-hydrogen) atoms. The fraction of sp³-hybridized carbons (Fsp3) is 0.172. The number of sulfonamides is 1. The number of hydrogen-bond acceptors (Lipinski definition) is 11. The first kappa shape index (κ1) is 29.1. The number of nitrogens with two attached hydrogens (primary N) is 2. The zero-order valence-corrected chi connectivity index (χ0v) is 24.3. The zero-order chi connectivity index (χ0) is 30.9. The van der Waals surface area contributed by atoms with E-state index in [1.54, 1.807) is 16.6 Å². The molecule has 0 amide bonds. The largest absolute Gasteiger partial charge is 0.457 e. The predicted octanol–water partition coefficient (Wildman–Crippen LogP) is 3.43. The van der Waals surface area contributed by atoms with Crippen molar-refractivity contribution >= 4 is 33.1 Å². The van der Waals surface area contributed by atoms with Crippen LogP contribution in [0.3, 0.4) is 0 Å². The maximum atomic E-state index is 13.1. The van der Waals surface area contributed by atoms with Gasteiger partial charge >= 0.3 is 5.97 Å². The Morgan fingerprint density at radius 1 is 1.14 bits per heavy atom. The van der Waals surface area contributed by atoms with Gasteiger partial charge in [-0.05, 0) is 73.9 Å². The topological polar surface area (TPSA) is 204 Å². The Bertz CT molecular complexity index is 2020. The number of carbonyl (C=O) groups excluding carboxylic acids is 1. The van der Waals surface area contributed by atoms with Gasteiger partial charge in [-0.2, -0.15) is 10.4 Å². The van der Waals surface area contributed by atoms with Crippen LogP contribution in [-0.2, 0) is 21.4 Å². The number of primary sulfonamides is 1. The number of carbonyl (C=O) groups is 1. The molecule has 0 aliphatic heterocycles. The molecule has 218 valence electrons. The summed E-state index contributed by atoms with van der Waals surface area (Å²) < 4.78 is 30.2. The van der Waals surface area contributed by atoms with Crippen molar-refractivity contribution in [3.63, 3.8) is 0 Å². The average molecular weight is 598 g/mol. The number of rotatable bonds is 8. The number of benzene rings is 2. The summed E-state index contributed by atoms with van der Waals surface area (Å²) in [4.78, 5) is 26.0. The molecule has 0 spiro atoms. The number of nitriles is 1. The van der Waals surface area contributed by atoms with Gasteiger partial charge in [0.05, 0.1) is 27.7 Å². The minimum atomic E-state index is -3.82. The highest BCUT2D eigenvalue weighted by Crippen LogP contribution is 2.30. The Morgan fingerprint density at radius 2 is 1.88 bits per heavy atom. The third-order valence-electron chi connectivity index (χ3n) is 6.67. The van der Waals surface area contributed by atoms with E-state index in [1.165, 1.54) is 30.6 Å². The van der Waals surface area contributed by atoms with Gasteiger partial charge in [0.15, 0.2) is 5.82 Å². The Kier molecular flexibility index (Phi) is 7.77. The first-order valence-electron chi connectivity index (χ1n) is 13.0. The molecule has 0 aliphatic carbocycles. The molecule has 5 N–H and O–H groups in total. The van der Waals surface area contributed by atoms with Crippen LogP contribution in [0.5, 0.6) is 0 Å². The lowest BCUT2D eigenvalue weighted by Crippen LogP contribution is -2.16. The van der Waals surface area contributed by atoms with Gasteiger partial charge in [0.25, 0.3) is 0 Å². The minimum absolute atomic E-state index is 0.0293. The first-order valence-corrected chi connectivity index (χ1v) is 14.5. The second-order valence-corrected chi connectivity index (χ2v) is 11.5. The number of aryl methyl sites for hydroxylation is 2. The van der Waals surface area contributed by atoms with Crippen LogP contribution < -0.4 is 16.2 Å². The van der Waals surface area contributed by atoms with E-state index in [-0.39, 0.29) is 28.7 Å². The van der Waals surface area contributed by atoms with E-state index >= 15 is 0 Å². The Hall–Kier alpha value is -5.39. The molecule has 3 aromatic heterocycles. The summed E-state index contributed by atoms with van der Waals surface area (Å²) in [6.45, 7) is 5.58. The number of nitrogens with one attached hydrogen (secondary N) is 1. The van der Waals surface area contributed by atoms with Crippen molar-refractivity contribution in [1.29, 1.82) is 5.26 Å². The summed E-state index contributed by atoms with van der Waals surface area (Å²) in [5.41, 5.74) is 10.7. The highest BCUT2D eigenvalue weighted by Gasteiger charge is 2.20. The second-order valence-electron chi connectivity index (χ2n) is 9.92. The molecule has 1 atom stereocenters. The van der Waals surface area contributed by atoms with Crippen LogP contribution >= 0.6 is 0 Å². The number of nitrogens with zero attached hydrogens (tertiary/aromatic N) is 6. The number of esters is 1. The maximum absolute atomic E-state index is 13.1. The number of hydrogen-bond donors (Lipinski definition) is 3. The minimum Gasteiger partial charge on any atom is -0.457 e. The van der Waals surface area contributed by atoms with Crippen LogP contribution in [0.2, 0.25) is 0 Å². The highest BCUT2D eigenvalue weighted by atomic mass is 32.2. The van der Waals surface area contributed by atoms with Crippen LogP contribution in [0.1, 0.15) is 51.4 Å². The van der Waals surface area contributed by atoms with Gasteiger partial charge in [0.1, 0.15) is 36.2 Å². The van der Waals surface area contributed by atoms with Gasteiger partial charge in [-0.1, -0.05) is 12.1 Å². The van der Waals surface area contributed by atoms with E-state index in [1.807, 2.05) is 45.2 Å². The number of anilines is 2. The van der Waals surface area contributed by atoms with Gasteiger partial charge in [-0.3, -0.25) is 0 Å². The quantitative estimate of drug-likeness (QED) is 0.221. The molecular weight excluding hydrogens is 570 g/mol. The van der Waals surface area contributed by atoms with Crippen molar-refractivity contribution in [3.05, 3.63) is 94.7 Å². The molecule has 5 aromatic rings. The standard InChI is InChI=1S/C29H27N9O4S/c1-16-10-20(12-21(11-16)29(39)42-14-19-4-6-22(7-5-19)43(32,40)41)24-25-17(2)8-9-38(25)37-27(36-24)18(3)35-28-23(13-30)26(31)33-15-34-28/h4-12,15,18H,14H2,1-3H3,(H2,32,40,41)(H3,31,33,34,35). The molecule has 3 heterocycles. The first-order chi connectivity index (χ1) is 20.4. The fourth-order valence-electron chi connectivity index (χ4n) is 4.51. The molecule has 14 heteroatoms. The molecule has 13 nitrogen and oxygen atoms in total. The zero-order valence-electron chi connectivity index (χ0n) is 23.4. The lowest BCUT2D eigenvalue weighted by Gasteiger charge is -2.17. The van der Waals surface area contributed by atoms with Crippen LogP contribution in [-0.4, -0.2) is 39.0 Å². The third kappa shape index (κ3) is 6.13. The summed E-state index contributed by atoms with van der Waals surface area (Å²) >= 11 is 0. The van der Waals surface area contributed by atoms with E-state index < -0.39 is 22.0 Å². The van der Waals surface area contributed by atoms with Crippen molar-refractivity contribution in [1.82, 2.24) is 24.6 Å². The van der Waals surface area contributed by atoms with Crippen LogP contribution in [0, 0.1) is 25.2 Å². The van der Waals surface area contributed by atoms with Gasteiger partial charge in [-0.15, -0.1) is 0 Å². The second kappa shape index (κ2) is 11.5. The molecule has 2 aromatic carbocycles. The Labute approximate surface area is 247 Å². The number of ether oxygens (including phenoxy) is 1. The monoisotopic (exact) mass is 597 g/mol. The van der Waals surface area contributed by atoms with Crippen LogP contribution in [0.4, 0.5) is 11.6 Å². The van der Waals surface area contributed by atoms with E-state index in [0.717, 1.165) is 16.6 Å². The molecule has 0 aliphatic rings. The number of nitrogen functional groups attached to an aromatic ring is 1. The fourth-order valence-corrected chi connectivity index (χ4v) is 5.03. The van der Waals surface area contributed by atoms with Crippen LogP contribution in [0.25, 0.3) is 16.8 Å². The number of fused-ring (bicyclic) bond motifs is 1. The van der Waals surface area contributed by atoms with Gasteiger partial charge in [0, 0.05) is 11.8 Å². The van der Waals surface area contributed by atoms with Gasteiger partial charge in [-0.25, -0.2) is 37.8 Å². The van der Waals surface area contributed by atoms with E-state index in [2.05, 4.69) is 20.4 Å². The SMILES string of the molecule is Cc1cc(C(=O)OCc2ccc(S(N)(=O)=O)cc2)cc(-c2nc(C(C)Nc3ncnc(N)c3C#N)nn3ccc(C)c23)c1. The van der Waals surface area contributed by atoms with E-state index in [9.17, 15) is 18.5 Å². The maximum Gasteiger partial charge on any atom is 0.338 e. The lowest BCUT2D eigenvalue weighted by atomic mass is 10.0. The molecule has 0 radical (unpaired) electrons.